The number of thioether (sulfide) groups is 1. The summed E-state index contributed by atoms with van der Waals surface area (Å²) in [5.74, 6) is 0.452. The summed E-state index contributed by atoms with van der Waals surface area (Å²) in [5.41, 5.74) is 4.72. The molecule has 1 aromatic rings. The smallest absolute Gasteiger partial charge is 0.325 e. The van der Waals surface area contributed by atoms with E-state index < -0.39 is 5.54 Å². The zero-order valence-electron chi connectivity index (χ0n) is 10.1. The molecule has 1 saturated heterocycles. The number of imide groups is 1. The van der Waals surface area contributed by atoms with E-state index in [0.717, 1.165) is 4.21 Å². The van der Waals surface area contributed by atoms with E-state index in [9.17, 15) is 9.59 Å². The van der Waals surface area contributed by atoms with Crippen molar-refractivity contribution in [2.45, 2.75) is 23.6 Å². The summed E-state index contributed by atoms with van der Waals surface area (Å²) in [6.45, 7) is 3.78. The number of urea groups is 1. The van der Waals surface area contributed by atoms with Gasteiger partial charge < -0.3 is 11.1 Å². The molecule has 0 radical (unpaired) electrons. The van der Waals surface area contributed by atoms with Crippen molar-refractivity contribution >= 4 is 40.2 Å². The largest absolute Gasteiger partial charge is 0.375 e. The molecule has 2 heterocycles. The Hall–Kier alpha value is -1.28. The summed E-state index contributed by atoms with van der Waals surface area (Å²) >= 11 is 2.93. The van der Waals surface area contributed by atoms with E-state index in [1.165, 1.54) is 28.0 Å². The van der Waals surface area contributed by atoms with Gasteiger partial charge in [-0.25, -0.2) is 9.78 Å². The fourth-order valence-corrected chi connectivity index (χ4v) is 3.36. The molecule has 2 rings (SSSR count). The number of carbonyl (C=O) groups excluding carboxylic acids is 2. The quantitative estimate of drug-likeness (QED) is 0.640. The third kappa shape index (κ3) is 2.59. The monoisotopic (exact) mass is 286 g/mol. The van der Waals surface area contributed by atoms with Crippen molar-refractivity contribution < 1.29 is 9.59 Å². The number of thiazole rings is 1. The van der Waals surface area contributed by atoms with Crippen LogP contribution in [0, 0.1) is 0 Å². The molecule has 98 valence electrons. The number of nitrogens with zero attached hydrogens (tertiary/aromatic N) is 2. The Morgan fingerprint density at radius 1 is 1.56 bits per heavy atom. The van der Waals surface area contributed by atoms with Crippen molar-refractivity contribution in [2.24, 2.45) is 0 Å². The van der Waals surface area contributed by atoms with Crippen molar-refractivity contribution in [3.8, 4) is 0 Å². The predicted octanol–water partition coefficient (Wildman–Crippen LogP) is 1.15. The molecule has 8 heteroatoms. The summed E-state index contributed by atoms with van der Waals surface area (Å²) in [7, 11) is 0. The van der Waals surface area contributed by atoms with E-state index in [4.69, 9.17) is 5.73 Å². The lowest BCUT2D eigenvalue weighted by molar-refractivity contribution is -0.130. The van der Waals surface area contributed by atoms with Crippen LogP contribution in [-0.4, -0.2) is 39.7 Å². The number of aromatic nitrogens is 1. The van der Waals surface area contributed by atoms with Crippen LogP contribution in [0.1, 0.15) is 13.8 Å². The lowest BCUT2D eigenvalue weighted by atomic mass is 10.1. The summed E-state index contributed by atoms with van der Waals surface area (Å²) < 4.78 is 0.985. The average Bonchev–Trinajstić information content (AvgIpc) is 2.75. The Balaban J connectivity index is 1.87. The number of hydrogen-bond donors (Lipinski definition) is 2. The van der Waals surface area contributed by atoms with Gasteiger partial charge in [0.25, 0.3) is 5.91 Å². The van der Waals surface area contributed by atoms with E-state index in [-0.39, 0.29) is 11.9 Å². The van der Waals surface area contributed by atoms with Crippen LogP contribution in [0.4, 0.5) is 9.93 Å². The van der Waals surface area contributed by atoms with Crippen molar-refractivity contribution in [3.63, 3.8) is 0 Å². The van der Waals surface area contributed by atoms with Crippen LogP contribution < -0.4 is 11.1 Å². The number of nitrogens with two attached hydrogens (primary N) is 1. The summed E-state index contributed by atoms with van der Waals surface area (Å²) in [4.78, 5) is 28.7. The van der Waals surface area contributed by atoms with E-state index in [0.29, 0.717) is 17.4 Å². The fraction of sp³-hybridized carbons (Fsp3) is 0.500. The maximum absolute atomic E-state index is 11.9. The van der Waals surface area contributed by atoms with Crippen LogP contribution in [0.15, 0.2) is 10.4 Å². The van der Waals surface area contributed by atoms with Gasteiger partial charge in [-0.1, -0.05) is 11.3 Å². The van der Waals surface area contributed by atoms with Gasteiger partial charge in [-0.15, -0.1) is 11.8 Å². The molecular weight excluding hydrogens is 272 g/mol. The normalized spacial score (nSPS) is 18.2. The van der Waals surface area contributed by atoms with Gasteiger partial charge in [-0.2, -0.15) is 0 Å². The first-order valence-corrected chi connectivity index (χ1v) is 7.18. The van der Waals surface area contributed by atoms with E-state index in [2.05, 4.69) is 10.3 Å². The highest BCUT2D eigenvalue weighted by atomic mass is 32.2. The number of rotatable bonds is 4. The molecule has 1 aliphatic rings. The lowest BCUT2D eigenvalue weighted by Crippen LogP contribution is -2.40. The highest BCUT2D eigenvalue weighted by Gasteiger charge is 2.43. The Labute approximate surface area is 113 Å². The minimum Gasteiger partial charge on any atom is -0.375 e. The number of carbonyl (C=O) groups is 2. The van der Waals surface area contributed by atoms with Crippen molar-refractivity contribution in [1.82, 2.24) is 15.2 Å². The molecular formula is C10H14N4O2S2. The molecule has 3 amide bonds. The van der Waals surface area contributed by atoms with Gasteiger partial charge in [0.2, 0.25) is 0 Å². The molecule has 18 heavy (non-hydrogen) atoms. The van der Waals surface area contributed by atoms with E-state index in [1.807, 2.05) is 0 Å². The van der Waals surface area contributed by atoms with Crippen LogP contribution in [0.25, 0.3) is 0 Å². The van der Waals surface area contributed by atoms with Gasteiger partial charge in [0.15, 0.2) is 5.13 Å². The van der Waals surface area contributed by atoms with Gasteiger partial charge in [0.05, 0.1) is 10.4 Å². The van der Waals surface area contributed by atoms with Crippen LogP contribution in [-0.2, 0) is 4.79 Å². The summed E-state index contributed by atoms with van der Waals surface area (Å²) in [5, 5.41) is 3.17. The van der Waals surface area contributed by atoms with Gasteiger partial charge in [0.1, 0.15) is 5.54 Å². The Morgan fingerprint density at radius 3 is 2.78 bits per heavy atom. The molecule has 0 atom stereocenters. The standard InChI is InChI=1S/C10H14N4O2S2/c1-10(2)7(15)14(9(16)13-10)3-4-17-6-5-12-8(11)18-6/h5H,3-4H2,1-2H3,(H2,11,12)(H,13,16). The van der Waals surface area contributed by atoms with E-state index >= 15 is 0 Å². The topological polar surface area (TPSA) is 88.3 Å². The molecule has 0 bridgehead atoms. The Morgan fingerprint density at radius 2 is 2.28 bits per heavy atom. The minimum absolute atomic E-state index is 0.183. The first-order valence-electron chi connectivity index (χ1n) is 5.38. The Bertz CT molecular complexity index is 486. The highest BCUT2D eigenvalue weighted by Crippen LogP contribution is 2.26. The van der Waals surface area contributed by atoms with Crippen LogP contribution in [0.2, 0.25) is 0 Å². The predicted molar refractivity (Wildman–Crippen MR) is 71.6 cm³/mol. The average molecular weight is 286 g/mol. The lowest BCUT2D eigenvalue weighted by Gasteiger charge is -2.15. The van der Waals surface area contributed by atoms with Crippen molar-refractivity contribution in [2.75, 3.05) is 18.0 Å². The molecule has 0 aliphatic carbocycles. The molecule has 0 aromatic carbocycles. The van der Waals surface area contributed by atoms with Crippen molar-refractivity contribution in [3.05, 3.63) is 6.20 Å². The fourth-order valence-electron chi connectivity index (χ4n) is 1.60. The second-order valence-electron chi connectivity index (χ2n) is 4.38. The SMILES string of the molecule is CC1(C)NC(=O)N(CCSc2cnc(N)s2)C1=O. The molecule has 1 aromatic heterocycles. The molecule has 3 N–H and O–H groups in total. The maximum Gasteiger partial charge on any atom is 0.325 e. The number of nitrogens with one attached hydrogen (secondary N) is 1. The number of nitrogen functional groups attached to an aromatic ring is 1. The molecule has 1 fully saturated rings. The minimum atomic E-state index is -0.795. The van der Waals surface area contributed by atoms with Gasteiger partial charge in [-0.05, 0) is 13.8 Å². The molecule has 0 spiro atoms. The first-order chi connectivity index (χ1) is 8.40. The number of anilines is 1. The summed E-state index contributed by atoms with van der Waals surface area (Å²) in [6, 6.07) is -0.325. The third-order valence-corrected chi connectivity index (χ3v) is 4.51. The number of hydrogen-bond acceptors (Lipinski definition) is 6. The van der Waals surface area contributed by atoms with Crippen LogP contribution >= 0.6 is 23.1 Å². The van der Waals surface area contributed by atoms with Gasteiger partial charge in [0, 0.05) is 12.3 Å². The van der Waals surface area contributed by atoms with Crippen LogP contribution in [0.3, 0.4) is 0 Å². The number of amides is 3. The second-order valence-corrected chi connectivity index (χ2v) is 6.84. The highest BCUT2D eigenvalue weighted by molar-refractivity contribution is 8.01. The van der Waals surface area contributed by atoms with Gasteiger partial charge in [-0.3, -0.25) is 9.69 Å². The third-order valence-electron chi connectivity index (χ3n) is 2.51. The molecule has 6 nitrogen and oxygen atoms in total. The molecule has 0 unspecified atom stereocenters. The first kappa shape index (κ1) is 13.2. The van der Waals surface area contributed by atoms with Crippen LogP contribution in [0.5, 0.6) is 0 Å². The van der Waals surface area contributed by atoms with Crippen molar-refractivity contribution in [1.29, 1.82) is 0 Å². The van der Waals surface area contributed by atoms with E-state index in [1.54, 1.807) is 20.0 Å². The zero-order valence-corrected chi connectivity index (χ0v) is 11.7. The second kappa shape index (κ2) is 4.77. The molecule has 0 saturated carbocycles. The molecule has 1 aliphatic heterocycles. The maximum atomic E-state index is 11.9. The zero-order chi connectivity index (χ0) is 13.3. The van der Waals surface area contributed by atoms with Gasteiger partial charge >= 0.3 is 6.03 Å². The Kier molecular flexibility index (Phi) is 3.49. The summed E-state index contributed by atoms with van der Waals surface area (Å²) in [6.07, 6.45) is 1.69.